The molecule has 0 radical (unpaired) electrons. The lowest BCUT2D eigenvalue weighted by Gasteiger charge is -2.19. The summed E-state index contributed by atoms with van der Waals surface area (Å²) in [5.41, 5.74) is 1.68. The zero-order chi connectivity index (χ0) is 14.9. The molecular weight excluding hydrogens is 387 g/mol. The highest BCUT2D eigenvalue weighted by molar-refractivity contribution is 14.1. The molecule has 0 saturated carbocycles. The smallest absolute Gasteiger partial charge is 0.264 e. The van der Waals surface area contributed by atoms with E-state index in [9.17, 15) is 4.79 Å². The first kappa shape index (κ1) is 15.5. The number of nitrogens with zero attached hydrogens (tertiary/aromatic N) is 1. The molecule has 0 fully saturated rings. The Bertz CT molecular complexity index is 672. The van der Waals surface area contributed by atoms with Crippen LogP contribution >= 0.6 is 34.2 Å². The van der Waals surface area contributed by atoms with Gasteiger partial charge in [0.2, 0.25) is 0 Å². The summed E-state index contributed by atoms with van der Waals surface area (Å²) < 4.78 is 0.662. The number of H-pyrrole nitrogens is 1. The molecule has 3 nitrogen and oxygen atoms in total. The summed E-state index contributed by atoms with van der Waals surface area (Å²) in [7, 11) is 0. The van der Waals surface area contributed by atoms with Crippen molar-refractivity contribution in [2.45, 2.75) is 32.6 Å². The molecule has 2 rings (SSSR count). The minimum absolute atomic E-state index is 0.0745. The highest BCUT2D eigenvalue weighted by atomic mass is 127. The average Bonchev–Trinajstić information content (AvgIpc) is 2.35. The number of halogens is 2. The van der Waals surface area contributed by atoms with E-state index in [1.165, 1.54) is 0 Å². The van der Waals surface area contributed by atoms with Gasteiger partial charge in [-0.1, -0.05) is 44.5 Å². The van der Waals surface area contributed by atoms with Crippen molar-refractivity contribution >= 4 is 34.2 Å². The summed E-state index contributed by atoms with van der Waals surface area (Å²) in [5.74, 6) is 0.683. The first-order chi connectivity index (χ1) is 9.27. The van der Waals surface area contributed by atoms with Gasteiger partial charge in [0.25, 0.3) is 5.56 Å². The van der Waals surface area contributed by atoms with E-state index < -0.39 is 0 Å². The van der Waals surface area contributed by atoms with E-state index in [2.05, 4.69) is 53.3 Å². The molecule has 0 atom stereocenters. The van der Waals surface area contributed by atoms with Crippen LogP contribution in [0.1, 0.15) is 37.9 Å². The number of rotatable bonds is 2. The molecule has 1 aromatic heterocycles. The molecule has 106 valence electrons. The van der Waals surface area contributed by atoms with E-state index in [4.69, 9.17) is 11.6 Å². The summed E-state index contributed by atoms with van der Waals surface area (Å²) in [6.45, 7) is 6.18. The lowest BCUT2D eigenvalue weighted by atomic mass is 9.92. The number of benzene rings is 1. The highest BCUT2D eigenvalue weighted by Gasteiger charge is 2.21. The monoisotopic (exact) mass is 402 g/mol. The van der Waals surface area contributed by atoms with Crippen LogP contribution in [0.2, 0.25) is 5.02 Å². The minimum Gasteiger partial charge on any atom is -0.309 e. The zero-order valence-electron chi connectivity index (χ0n) is 11.6. The van der Waals surface area contributed by atoms with Crippen LogP contribution in [0, 0.1) is 3.57 Å². The highest BCUT2D eigenvalue weighted by Crippen LogP contribution is 2.23. The van der Waals surface area contributed by atoms with Gasteiger partial charge < -0.3 is 4.98 Å². The number of aromatic amines is 1. The molecule has 0 aliphatic carbocycles. The Morgan fingerprint density at radius 1 is 1.25 bits per heavy atom. The molecule has 5 heteroatoms. The van der Waals surface area contributed by atoms with Gasteiger partial charge in [-0.2, -0.15) is 0 Å². The van der Waals surface area contributed by atoms with Gasteiger partial charge in [-0.25, -0.2) is 4.98 Å². The molecule has 1 N–H and O–H groups in total. The molecule has 0 spiro atoms. The van der Waals surface area contributed by atoms with Crippen LogP contribution in [0.4, 0.5) is 0 Å². The van der Waals surface area contributed by atoms with Gasteiger partial charge in [-0.3, -0.25) is 4.79 Å². The van der Waals surface area contributed by atoms with Gasteiger partial charge in [0.1, 0.15) is 9.39 Å². The molecule has 1 heterocycles. The largest absolute Gasteiger partial charge is 0.309 e. The summed E-state index contributed by atoms with van der Waals surface area (Å²) in [6.07, 6.45) is 0.590. The van der Waals surface area contributed by atoms with E-state index in [1.54, 1.807) is 0 Å². The topological polar surface area (TPSA) is 45.8 Å². The second-order valence-corrected chi connectivity index (χ2v) is 7.24. The number of aromatic nitrogens is 2. The fourth-order valence-corrected chi connectivity index (χ4v) is 3.07. The lowest BCUT2D eigenvalue weighted by Crippen LogP contribution is -2.25. The maximum Gasteiger partial charge on any atom is 0.264 e. The van der Waals surface area contributed by atoms with Crippen molar-refractivity contribution in [3.63, 3.8) is 0 Å². The summed E-state index contributed by atoms with van der Waals surface area (Å²) in [4.78, 5) is 19.5. The molecule has 0 aliphatic heterocycles. The van der Waals surface area contributed by atoms with E-state index in [-0.39, 0.29) is 11.0 Å². The van der Waals surface area contributed by atoms with E-state index in [0.29, 0.717) is 20.8 Å². The Hall–Kier alpha value is -0.880. The fraction of sp³-hybridized carbons (Fsp3) is 0.333. The molecule has 2 aromatic rings. The van der Waals surface area contributed by atoms with Crippen LogP contribution in [0.5, 0.6) is 0 Å². The normalized spacial score (nSPS) is 11.7. The fourth-order valence-electron chi connectivity index (χ4n) is 1.88. The van der Waals surface area contributed by atoms with Crippen molar-refractivity contribution < 1.29 is 0 Å². The molecule has 0 unspecified atom stereocenters. The number of hydrogen-bond donors (Lipinski definition) is 1. The standard InChI is InChI=1S/C15H16ClIN2O/c1-15(2,3)13-12(17)14(20)19-11(18-13)8-9-4-6-10(16)7-5-9/h4-7H,8H2,1-3H3,(H,18,19,20). The van der Waals surface area contributed by atoms with E-state index >= 15 is 0 Å². The third-order valence-corrected chi connectivity index (χ3v) is 4.16. The van der Waals surface area contributed by atoms with E-state index in [1.807, 2.05) is 24.3 Å². The summed E-state index contributed by atoms with van der Waals surface area (Å²) in [5, 5.41) is 0.702. The third kappa shape index (κ3) is 3.61. The second-order valence-electron chi connectivity index (χ2n) is 5.73. The second kappa shape index (κ2) is 5.85. The molecule has 20 heavy (non-hydrogen) atoms. The Morgan fingerprint density at radius 2 is 1.85 bits per heavy atom. The first-order valence-electron chi connectivity index (χ1n) is 6.31. The summed E-state index contributed by atoms with van der Waals surface area (Å²) in [6, 6.07) is 7.56. The zero-order valence-corrected chi connectivity index (χ0v) is 14.5. The van der Waals surface area contributed by atoms with Gasteiger partial charge >= 0.3 is 0 Å². The Kier molecular flexibility index (Phi) is 4.54. The van der Waals surface area contributed by atoms with Crippen molar-refractivity contribution in [2.24, 2.45) is 0 Å². The van der Waals surface area contributed by atoms with Crippen LogP contribution in [0.15, 0.2) is 29.1 Å². The van der Waals surface area contributed by atoms with Gasteiger partial charge in [-0.05, 0) is 40.3 Å². The van der Waals surface area contributed by atoms with Gasteiger partial charge in [0.15, 0.2) is 0 Å². The predicted molar refractivity (Wildman–Crippen MR) is 90.5 cm³/mol. The first-order valence-corrected chi connectivity index (χ1v) is 7.76. The Labute approximate surface area is 136 Å². The lowest BCUT2D eigenvalue weighted by molar-refractivity contribution is 0.556. The molecule has 0 aliphatic rings. The van der Waals surface area contributed by atoms with Crippen molar-refractivity contribution in [1.29, 1.82) is 0 Å². The molecule has 1 aromatic carbocycles. The third-order valence-electron chi connectivity index (χ3n) is 2.91. The Morgan fingerprint density at radius 3 is 2.40 bits per heavy atom. The Balaban J connectivity index is 2.41. The van der Waals surface area contributed by atoms with Crippen LogP contribution in [-0.4, -0.2) is 9.97 Å². The predicted octanol–water partition coefficient (Wildman–Crippen LogP) is 3.92. The van der Waals surface area contributed by atoms with Gasteiger partial charge in [-0.15, -0.1) is 0 Å². The number of nitrogens with one attached hydrogen (secondary N) is 1. The SMILES string of the molecule is CC(C)(C)c1nc(Cc2ccc(Cl)cc2)[nH]c(=O)c1I. The van der Waals surface area contributed by atoms with Crippen molar-refractivity contribution in [3.8, 4) is 0 Å². The van der Waals surface area contributed by atoms with Crippen molar-refractivity contribution in [3.05, 3.63) is 60.3 Å². The maximum absolute atomic E-state index is 12.0. The van der Waals surface area contributed by atoms with E-state index in [0.717, 1.165) is 11.3 Å². The quantitative estimate of drug-likeness (QED) is 0.774. The van der Waals surface area contributed by atoms with Gasteiger partial charge in [0, 0.05) is 16.9 Å². The van der Waals surface area contributed by atoms with Crippen molar-refractivity contribution in [2.75, 3.05) is 0 Å². The molecular formula is C15H16ClIN2O. The average molecular weight is 403 g/mol. The molecule has 0 saturated heterocycles. The minimum atomic E-state index is -0.153. The maximum atomic E-state index is 12.0. The molecule has 0 bridgehead atoms. The van der Waals surface area contributed by atoms with Crippen LogP contribution in [0.3, 0.4) is 0 Å². The molecule has 0 amide bonds. The van der Waals surface area contributed by atoms with Crippen LogP contribution < -0.4 is 5.56 Å². The summed E-state index contributed by atoms with van der Waals surface area (Å²) >= 11 is 7.93. The van der Waals surface area contributed by atoms with Crippen LogP contribution in [0.25, 0.3) is 0 Å². The van der Waals surface area contributed by atoms with Crippen LogP contribution in [-0.2, 0) is 11.8 Å². The van der Waals surface area contributed by atoms with Crippen molar-refractivity contribution in [1.82, 2.24) is 9.97 Å². The number of hydrogen-bond acceptors (Lipinski definition) is 2. The van der Waals surface area contributed by atoms with Gasteiger partial charge in [0.05, 0.1) is 5.69 Å².